The molecule has 2 rings (SSSR count). The molecule has 1 N–H and O–H groups in total. The summed E-state index contributed by atoms with van der Waals surface area (Å²) in [5.74, 6) is -0.0955. The quantitative estimate of drug-likeness (QED) is 0.840. The van der Waals surface area contributed by atoms with Gasteiger partial charge in [0.05, 0.1) is 5.69 Å². The molecule has 1 aromatic carbocycles. The summed E-state index contributed by atoms with van der Waals surface area (Å²) in [5, 5.41) is 7.25. The van der Waals surface area contributed by atoms with Crippen LogP contribution in [-0.2, 0) is 20.0 Å². The predicted molar refractivity (Wildman–Crippen MR) is 77.5 cm³/mol. The van der Waals surface area contributed by atoms with Crippen LogP contribution in [0.5, 0.6) is 0 Å². The average molecular weight is 275 g/mol. The van der Waals surface area contributed by atoms with E-state index in [9.17, 15) is 4.79 Å². The monoisotopic (exact) mass is 275 g/mol. The van der Waals surface area contributed by atoms with Crippen molar-refractivity contribution >= 4 is 18.5 Å². The van der Waals surface area contributed by atoms with Crippen LogP contribution < -0.4 is 5.32 Å². The molecule has 0 radical (unpaired) electrons. The van der Waals surface area contributed by atoms with Gasteiger partial charge < -0.3 is 5.32 Å². The third-order valence-corrected chi connectivity index (χ3v) is 3.15. The maximum Gasteiger partial charge on any atom is 0.251 e. The van der Waals surface area contributed by atoms with E-state index < -0.39 is 0 Å². The van der Waals surface area contributed by atoms with Gasteiger partial charge in [0.25, 0.3) is 5.91 Å². The zero-order valence-electron chi connectivity index (χ0n) is 11.1. The van der Waals surface area contributed by atoms with Gasteiger partial charge in [-0.05, 0) is 24.6 Å². The van der Waals surface area contributed by atoms with E-state index in [2.05, 4.69) is 30.0 Å². The van der Waals surface area contributed by atoms with Crippen molar-refractivity contribution in [1.29, 1.82) is 0 Å². The van der Waals surface area contributed by atoms with Gasteiger partial charge in [-0.25, -0.2) is 0 Å². The summed E-state index contributed by atoms with van der Waals surface area (Å²) in [4.78, 5) is 12.8. The van der Waals surface area contributed by atoms with Crippen LogP contribution in [0, 0.1) is 0 Å². The Hall–Kier alpha value is -1.75. The Morgan fingerprint density at radius 3 is 2.95 bits per heavy atom. The lowest BCUT2D eigenvalue weighted by Gasteiger charge is -2.05. The molecule has 0 aliphatic heterocycles. The third kappa shape index (κ3) is 3.38. The van der Waals surface area contributed by atoms with Crippen molar-refractivity contribution in [2.75, 3.05) is 0 Å². The molecule has 0 saturated carbocycles. The molecule has 2 aromatic rings. The van der Waals surface area contributed by atoms with E-state index in [1.54, 1.807) is 16.8 Å². The summed E-state index contributed by atoms with van der Waals surface area (Å²) >= 11 is 4.23. The van der Waals surface area contributed by atoms with Crippen LogP contribution in [0.4, 0.5) is 0 Å². The van der Waals surface area contributed by atoms with E-state index in [1.807, 2.05) is 25.4 Å². The number of aromatic nitrogens is 2. The van der Waals surface area contributed by atoms with Gasteiger partial charge in [-0.3, -0.25) is 9.48 Å². The summed E-state index contributed by atoms with van der Waals surface area (Å²) in [6.07, 6.45) is 2.80. The first kappa shape index (κ1) is 13.7. The van der Waals surface area contributed by atoms with E-state index in [0.717, 1.165) is 22.6 Å². The largest absolute Gasteiger partial charge is 0.348 e. The van der Waals surface area contributed by atoms with E-state index in [0.29, 0.717) is 12.1 Å². The number of carbonyl (C=O) groups is 1. The molecule has 1 aromatic heterocycles. The lowest BCUT2D eigenvalue weighted by molar-refractivity contribution is 0.0950. The predicted octanol–water partition coefficient (Wildman–Crippen LogP) is 2.20. The fourth-order valence-electron chi connectivity index (χ4n) is 1.95. The lowest BCUT2D eigenvalue weighted by atomic mass is 10.2. The standard InChI is InChI=1S/C14H17N3OS/c1-3-13-11(9-17(2)16-13)8-15-14(18)10-5-4-6-12(19)7-10/h4-7,9,19H,3,8H2,1-2H3,(H,15,18). The number of rotatable bonds is 4. The molecule has 1 heterocycles. The highest BCUT2D eigenvalue weighted by atomic mass is 32.1. The summed E-state index contributed by atoms with van der Waals surface area (Å²) in [7, 11) is 1.88. The van der Waals surface area contributed by atoms with Gasteiger partial charge in [0.1, 0.15) is 0 Å². The minimum atomic E-state index is -0.0955. The Bertz CT molecular complexity index is 592. The summed E-state index contributed by atoms with van der Waals surface area (Å²) < 4.78 is 1.77. The minimum Gasteiger partial charge on any atom is -0.348 e. The van der Waals surface area contributed by atoms with Crippen molar-refractivity contribution in [2.24, 2.45) is 7.05 Å². The molecule has 0 fully saturated rings. The maximum atomic E-state index is 12.0. The maximum absolute atomic E-state index is 12.0. The van der Waals surface area contributed by atoms with E-state index in [-0.39, 0.29) is 5.91 Å². The Labute approximate surface area is 118 Å². The Kier molecular flexibility index (Phi) is 4.27. The number of benzene rings is 1. The zero-order chi connectivity index (χ0) is 13.8. The van der Waals surface area contributed by atoms with Gasteiger partial charge in [-0.1, -0.05) is 13.0 Å². The van der Waals surface area contributed by atoms with Crippen LogP contribution in [-0.4, -0.2) is 15.7 Å². The van der Waals surface area contributed by atoms with Crippen molar-refractivity contribution in [3.63, 3.8) is 0 Å². The molecule has 0 aliphatic carbocycles. The first-order valence-electron chi connectivity index (χ1n) is 6.18. The first-order valence-corrected chi connectivity index (χ1v) is 6.63. The zero-order valence-corrected chi connectivity index (χ0v) is 11.9. The first-order chi connectivity index (χ1) is 9.10. The third-order valence-electron chi connectivity index (χ3n) is 2.87. The van der Waals surface area contributed by atoms with Crippen molar-refractivity contribution in [2.45, 2.75) is 24.8 Å². The molecule has 4 nitrogen and oxygen atoms in total. The molecule has 0 saturated heterocycles. The number of nitrogens with zero attached hydrogens (tertiary/aromatic N) is 2. The SMILES string of the molecule is CCc1nn(C)cc1CNC(=O)c1cccc(S)c1. The van der Waals surface area contributed by atoms with E-state index in [4.69, 9.17) is 0 Å². The number of hydrogen-bond acceptors (Lipinski definition) is 3. The molecule has 0 unspecified atom stereocenters. The summed E-state index contributed by atoms with van der Waals surface area (Å²) in [6.45, 7) is 2.55. The Balaban J connectivity index is 2.04. The Morgan fingerprint density at radius 2 is 2.26 bits per heavy atom. The van der Waals surface area contributed by atoms with Gasteiger partial charge >= 0.3 is 0 Å². The smallest absolute Gasteiger partial charge is 0.251 e. The topological polar surface area (TPSA) is 46.9 Å². The molecule has 100 valence electrons. The number of amides is 1. The minimum absolute atomic E-state index is 0.0955. The van der Waals surface area contributed by atoms with Crippen molar-refractivity contribution in [3.8, 4) is 0 Å². The van der Waals surface area contributed by atoms with Crippen molar-refractivity contribution < 1.29 is 4.79 Å². The fraction of sp³-hybridized carbons (Fsp3) is 0.286. The highest BCUT2D eigenvalue weighted by Gasteiger charge is 2.09. The number of thiol groups is 1. The molecule has 0 bridgehead atoms. The number of nitrogens with one attached hydrogen (secondary N) is 1. The Morgan fingerprint density at radius 1 is 1.47 bits per heavy atom. The van der Waals surface area contributed by atoms with Crippen molar-refractivity contribution in [3.05, 3.63) is 47.3 Å². The van der Waals surface area contributed by atoms with Gasteiger partial charge in [-0.15, -0.1) is 12.6 Å². The second kappa shape index (κ2) is 5.93. The van der Waals surface area contributed by atoms with Crippen LogP contribution in [0.1, 0.15) is 28.5 Å². The summed E-state index contributed by atoms with van der Waals surface area (Å²) in [5.41, 5.74) is 2.69. The number of hydrogen-bond donors (Lipinski definition) is 2. The van der Waals surface area contributed by atoms with Crippen LogP contribution in [0.2, 0.25) is 0 Å². The molecule has 19 heavy (non-hydrogen) atoms. The second-order valence-corrected chi connectivity index (χ2v) is 4.88. The molecule has 5 heteroatoms. The molecular formula is C14H17N3OS. The van der Waals surface area contributed by atoms with Gasteiger partial charge in [0.15, 0.2) is 0 Å². The number of carbonyl (C=O) groups excluding carboxylic acids is 1. The summed E-state index contributed by atoms with van der Waals surface area (Å²) in [6, 6.07) is 7.19. The second-order valence-electron chi connectivity index (χ2n) is 4.36. The molecule has 1 amide bonds. The highest BCUT2D eigenvalue weighted by Crippen LogP contribution is 2.10. The van der Waals surface area contributed by atoms with E-state index >= 15 is 0 Å². The van der Waals surface area contributed by atoms with Crippen LogP contribution in [0.15, 0.2) is 35.4 Å². The normalized spacial score (nSPS) is 10.5. The van der Waals surface area contributed by atoms with Crippen LogP contribution in [0.3, 0.4) is 0 Å². The van der Waals surface area contributed by atoms with Gasteiger partial charge in [0, 0.05) is 35.8 Å². The average Bonchev–Trinajstić information content (AvgIpc) is 2.76. The molecular weight excluding hydrogens is 258 g/mol. The van der Waals surface area contributed by atoms with Crippen molar-refractivity contribution in [1.82, 2.24) is 15.1 Å². The molecule has 0 aliphatic rings. The lowest BCUT2D eigenvalue weighted by Crippen LogP contribution is -2.23. The van der Waals surface area contributed by atoms with Gasteiger partial charge in [0.2, 0.25) is 0 Å². The number of aryl methyl sites for hydroxylation is 2. The van der Waals surface area contributed by atoms with Crippen LogP contribution in [0.25, 0.3) is 0 Å². The van der Waals surface area contributed by atoms with Gasteiger partial charge in [-0.2, -0.15) is 5.10 Å². The molecule has 0 atom stereocenters. The fourth-order valence-corrected chi connectivity index (χ4v) is 2.18. The van der Waals surface area contributed by atoms with Crippen LogP contribution >= 0.6 is 12.6 Å². The van der Waals surface area contributed by atoms with E-state index in [1.165, 1.54) is 0 Å². The molecule has 0 spiro atoms. The highest BCUT2D eigenvalue weighted by molar-refractivity contribution is 7.80.